The van der Waals surface area contributed by atoms with Gasteiger partial charge in [-0.15, -0.1) is 0 Å². The lowest BCUT2D eigenvalue weighted by atomic mass is 9.87. The highest BCUT2D eigenvalue weighted by Crippen LogP contribution is 2.36. The summed E-state index contributed by atoms with van der Waals surface area (Å²) < 4.78 is 0. The van der Waals surface area contributed by atoms with E-state index in [0.717, 1.165) is 32.1 Å². The van der Waals surface area contributed by atoms with E-state index in [4.69, 9.17) is 5.73 Å². The van der Waals surface area contributed by atoms with Crippen LogP contribution in [-0.4, -0.2) is 30.2 Å². The molecule has 0 heterocycles. The largest absolute Gasteiger partial charge is 0.396 e. The van der Waals surface area contributed by atoms with E-state index in [1.165, 1.54) is 0 Å². The quantitative estimate of drug-likeness (QED) is 0.651. The van der Waals surface area contributed by atoms with E-state index in [1.54, 1.807) is 0 Å². The molecule has 100 valence electrons. The molecule has 1 saturated carbocycles. The summed E-state index contributed by atoms with van der Waals surface area (Å²) in [6.07, 6.45) is 5.20. The molecule has 0 aromatic heterocycles. The summed E-state index contributed by atoms with van der Waals surface area (Å²) >= 11 is 0. The van der Waals surface area contributed by atoms with Crippen molar-refractivity contribution in [3.63, 3.8) is 0 Å². The summed E-state index contributed by atoms with van der Waals surface area (Å²) in [4.78, 5) is 11.8. The van der Waals surface area contributed by atoms with Gasteiger partial charge in [0.05, 0.1) is 12.6 Å². The van der Waals surface area contributed by atoms with Crippen LogP contribution in [0, 0.1) is 11.3 Å². The molecule has 1 unspecified atom stereocenters. The van der Waals surface area contributed by atoms with Crippen LogP contribution in [0.25, 0.3) is 0 Å². The molecule has 4 N–H and O–H groups in total. The van der Waals surface area contributed by atoms with Crippen LogP contribution in [-0.2, 0) is 4.79 Å². The lowest BCUT2D eigenvalue weighted by molar-refractivity contribution is -0.124. The molecule has 4 heteroatoms. The Morgan fingerprint density at radius 1 is 1.47 bits per heavy atom. The van der Waals surface area contributed by atoms with Crippen LogP contribution in [0.3, 0.4) is 0 Å². The number of nitrogens with one attached hydrogen (secondary N) is 1. The van der Waals surface area contributed by atoms with Gasteiger partial charge in [0.15, 0.2) is 0 Å². The SMILES string of the molecule is CCC(C)[C@H](N)C(=O)NCC1(CO)CCCC1. The van der Waals surface area contributed by atoms with Crippen molar-refractivity contribution < 1.29 is 9.90 Å². The second-order valence-electron chi connectivity index (χ2n) is 5.49. The van der Waals surface area contributed by atoms with Crippen molar-refractivity contribution in [2.45, 2.75) is 52.0 Å². The number of carbonyl (C=O) groups excluding carboxylic acids is 1. The zero-order valence-electron chi connectivity index (χ0n) is 11.0. The fourth-order valence-corrected chi connectivity index (χ4v) is 2.42. The van der Waals surface area contributed by atoms with Crippen LogP contribution >= 0.6 is 0 Å². The molecular weight excluding hydrogens is 216 g/mol. The first-order valence-electron chi connectivity index (χ1n) is 6.69. The Labute approximate surface area is 104 Å². The predicted molar refractivity (Wildman–Crippen MR) is 68.4 cm³/mol. The van der Waals surface area contributed by atoms with E-state index in [-0.39, 0.29) is 23.8 Å². The molecule has 0 aromatic rings. The minimum atomic E-state index is -0.433. The molecular formula is C13H26N2O2. The Bertz CT molecular complexity index is 250. The lowest BCUT2D eigenvalue weighted by Gasteiger charge is -2.28. The molecule has 0 aliphatic heterocycles. The first kappa shape index (κ1) is 14.5. The van der Waals surface area contributed by atoms with E-state index in [2.05, 4.69) is 5.32 Å². The van der Waals surface area contributed by atoms with Crippen molar-refractivity contribution in [2.75, 3.05) is 13.2 Å². The number of aliphatic hydroxyl groups excluding tert-OH is 1. The molecule has 0 saturated heterocycles. The third-order valence-corrected chi connectivity index (χ3v) is 4.20. The number of carbonyl (C=O) groups is 1. The Morgan fingerprint density at radius 2 is 2.06 bits per heavy atom. The van der Waals surface area contributed by atoms with Gasteiger partial charge in [-0.2, -0.15) is 0 Å². The van der Waals surface area contributed by atoms with Crippen molar-refractivity contribution in [1.82, 2.24) is 5.32 Å². The summed E-state index contributed by atoms with van der Waals surface area (Å²) in [5, 5.41) is 12.3. The molecule has 1 aliphatic rings. The van der Waals surface area contributed by atoms with Gasteiger partial charge in [0, 0.05) is 12.0 Å². The van der Waals surface area contributed by atoms with Gasteiger partial charge in [0.2, 0.25) is 5.91 Å². The molecule has 1 aliphatic carbocycles. The van der Waals surface area contributed by atoms with Crippen molar-refractivity contribution in [1.29, 1.82) is 0 Å². The topological polar surface area (TPSA) is 75.4 Å². The average molecular weight is 242 g/mol. The fraction of sp³-hybridized carbons (Fsp3) is 0.923. The first-order chi connectivity index (χ1) is 8.04. The van der Waals surface area contributed by atoms with Gasteiger partial charge in [-0.05, 0) is 18.8 Å². The summed E-state index contributed by atoms with van der Waals surface area (Å²) in [6.45, 7) is 4.74. The molecule has 17 heavy (non-hydrogen) atoms. The number of amides is 1. The predicted octanol–water partition coefficient (Wildman–Crippen LogP) is 1.03. The second kappa shape index (κ2) is 6.36. The highest BCUT2D eigenvalue weighted by molar-refractivity contribution is 5.81. The normalized spacial score (nSPS) is 22.1. The molecule has 0 radical (unpaired) electrons. The molecule has 1 fully saturated rings. The number of hydrogen-bond donors (Lipinski definition) is 3. The standard InChI is InChI=1S/C13H26N2O2/c1-3-10(2)11(14)12(17)15-8-13(9-16)6-4-5-7-13/h10-11,16H,3-9,14H2,1-2H3,(H,15,17)/t10?,11-/m0/s1. The number of rotatable bonds is 6. The maximum Gasteiger partial charge on any atom is 0.237 e. The van der Waals surface area contributed by atoms with Gasteiger partial charge in [0.1, 0.15) is 0 Å². The zero-order valence-corrected chi connectivity index (χ0v) is 11.0. The fourth-order valence-electron chi connectivity index (χ4n) is 2.42. The van der Waals surface area contributed by atoms with Gasteiger partial charge in [-0.1, -0.05) is 33.1 Å². The molecule has 1 amide bonds. The number of aliphatic hydroxyl groups is 1. The smallest absolute Gasteiger partial charge is 0.237 e. The van der Waals surface area contributed by atoms with E-state index < -0.39 is 6.04 Å². The third kappa shape index (κ3) is 3.68. The molecule has 2 atom stereocenters. The van der Waals surface area contributed by atoms with Gasteiger partial charge in [-0.3, -0.25) is 4.79 Å². The summed E-state index contributed by atoms with van der Waals surface area (Å²) in [7, 11) is 0. The van der Waals surface area contributed by atoms with Gasteiger partial charge >= 0.3 is 0 Å². The summed E-state index contributed by atoms with van der Waals surface area (Å²) in [5.41, 5.74) is 5.77. The van der Waals surface area contributed by atoms with E-state index >= 15 is 0 Å². The highest BCUT2D eigenvalue weighted by atomic mass is 16.3. The van der Waals surface area contributed by atoms with Crippen LogP contribution < -0.4 is 11.1 Å². The van der Waals surface area contributed by atoms with Crippen LogP contribution in [0.15, 0.2) is 0 Å². The van der Waals surface area contributed by atoms with Crippen LogP contribution in [0.2, 0.25) is 0 Å². The van der Waals surface area contributed by atoms with Gasteiger partial charge in [-0.25, -0.2) is 0 Å². The van der Waals surface area contributed by atoms with Gasteiger partial charge < -0.3 is 16.2 Å². The molecule has 0 bridgehead atoms. The molecule has 0 spiro atoms. The van der Waals surface area contributed by atoms with Crippen molar-refractivity contribution in [3.8, 4) is 0 Å². The Kier molecular flexibility index (Phi) is 5.40. The van der Waals surface area contributed by atoms with Gasteiger partial charge in [0.25, 0.3) is 0 Å². The van der Waals surface area contributed by atoms with Crippen molar-refractivity contribution in [2.24, 2.45) is 17.1 Å². The Hall–Kier alpha value is -0.610. The molecule has 0 aromatic carbocycles. The summed E-state index contributed by atoms with van der Waals surface area (Å²) in [6, 6.07) is -0.433. The maximum atomic E-state index is 11.8. The average Bonchev–Trinajstić information content (AvgIpc) is 2.83. The maximum absolute atomic E-state index is 11.8. The summed E-state index contributed by atoms with van der Waals surface area (Å²) in [5.74, 6) is 0.114. The number of nitrogens with two attached hydrogens (primary N) is 1. The Balaban J connectivity index is 2.41. The number of hydrogen-bond acceptors (Lipinski definition) is 3. The van der Waals surface area contributed by atoms with Crippen LogP contribution in [0.1, 0.15) is 46.0 Å². The van der Waals surface area contributed by atoms with Crippen LogP contribution in [0.4, 0.5) is 0 Å². The highest BCUT2D eigenvalue weighted by Gasteiger charge is 2.34. The monoisotopic (exact) mass is 242 g/mol. The Morgan fingerprint density at radius 3 is 2.53 bits per heavy atom. The van der Waals surface area contributed by atoms with Crippen molar-refractivity contribution in [3.05, 3.63) is 0 Å². The minimum absolute atomic E-state index is 0.0842. The van der Waals surface area contributed by atoms with E-state index in [0.29, 0.717) is 6.54 Å². The van der Waals surface area contributed by atoms with Crippen molar-refractivity contribution >= 4 is 5.91 Å². The molecule has 1 rings (SSSR count). The third-order valence-electron chi connectivity index (χ3n) is 4.20. The first-order valence-corrected chi connectivity index (χ1v) is 6.69. The van der Waals surface area contributed by atoms with E-state index in [9.17, 15) is 9.90 Å². The molecule has 4 nitrogen and oxygen atoms in total. The lowest BCUT2D eigenvalue weighted by Crippen LogP contribution is -2.48. The zero-order chi connectivity index (χ0) is 12.9. The van der Waals surface area contributed by atoms with Crippen LogP contribution in [0.5, 0.6) is 0 Å². The minimum Gasteiger partial charge on any atom is -0.396 e. The van der Waals surface area contributed by atoms with E-state index in [1.807, 2.05) is 13.8 Å². The second-order valence-corrected chi connectivity index (χ2v) is 5.49.